The second kappa shape index (κ2) is 22.8. The van der Waals surface area contributed by atoms with Crippen LogP contribution in [0.4, 0.5) is 0 Å². The fraction of sp³-hybridized carbons (Fsp3) is 0.346. The van der Waals surface area contributed by atoms with Crippen LogP contribution in [-0.4, -0.2) is 78.9 Å². The van der Waals surface area contributed by atoms with Crippen LogP contribution in [0.5, 0.6) is 0 Å². The highest BCUT2D eigenvalue weighted by molar-refractivity contribution is 5.92. The van der Waals surface area contributed by atoms with Gasteiger partial charge in [-0.05, 0) is 75.4 Å². The fourth-order valence-electron chi connectivity index (χ4n) is 8.67. The molecule has 0 saturated heterocycles. The molecule has 1 aromatic heterocycles. The van der Waals surface area contributed by atoms with E-state index in [-0.39, 0.29) is 44.2 Å². The molecule has 66 heavy (non-hydrogen) atoms. The highest BCUT2D eigenvalue weighted by Crippen LogP contribution is 2.29. The predicted octanol–water partition coefficient (Wildman–Crippen LogP) is 5.58. The van der Waals surface area contributed by atoms with Gasteiger partial charge in [0.15, 0.2) is 0 Å². The number of fused-ring (bicyclic) bond motifs is 2. The highest BCUT2D eigenvalue weighted by Gasteiger charge is 2.37. The number of rotatable bonds is 23. The number of nitrogens with one attached hydrogen (secondary N) is 3. The molecule has 346 valence electrons. The van der Waals surface area contributed by atoms with Gasteiger partial charge in [0.25, 0.3) is 0 Å². The number of H-pyrrole nitrogens is 1. The van der Waals surface area contributed by atoms with Crippen LogP contribution in [0.25, 0.3) is 21.5 Å². The van der Waals surface area contributed by atoms with Crippen LogP contribution in [0.15, 0.2) is 122 Å². The number of carbonyl (C=O) groups excluding carboxylic acids is 4. The number of amides is 4. The summed E-state index contributed by atoms with van der Waals surface area (Å²) in [7, 11) is 0. The maximum Gasteiger partial charge on any atom is 0.326 e. The van der Waals surface area contributed by atoms with Gasteiger partial charge in [-0.25, -0.2) is 9.78 Å². The molecular formula is C52H61N7O7. The summed E-state index contributed by atoms with van der Waals surface area (Å²) in [4.78, 5) is 77.0. The van der Waals surface area contributed by atoms with E-state index < -0.39 is 66.2 Å². The number of aliphatic hydroxyl groups excluding tert-OH is 1. The molecule has 0 aliphatic heterocycles. The van der Waals surface area contributed by atoms with Gasteiger partial charge in [0, 0.05) is 43.2 Å². The van der Waals surface area contributed by atoms with Crippen LogP contribution in [0.1, 0.15) is 68.0 Å². The van der Waals surface area contributed by atoms with Crippen molar-refractivity contribution in [2.75, 3.05) is 0 Å². The van der Waals surface area contributed by atoms with Gasteiger partial charge in [-0.1, -0.05) is 130 Å². The summed E-state index contributed by atoms with van der Waals surface area (Å²) in [5, 5.41) is 31.0. The zero-order valence-electron chi connectivity index (χ0n) is 37.7. The van der Waals surface area contributed by atoms with Crippen molar-refractivity contribution in [2.24, 2.45) is 29.2 Å². The number of carboxylic acid groups (broad SMARTS) is 1. The summed E-state index contributed by atoms with van der Waals surface area (Å²) in [5.74, 6) is -5.25. The molecule has 14 heteroatoms. The van der Waals surface area contributed by atoms with E-state index in [1.807, 2.05) is 111 Å². The lowest BCUT2D eigenvalue weighted by Crippen LogP contribution is -2.56. The molecule has 9 N–H and O–H groups in total. The Kier molecular flexibility index (Phi) is 16.8. The normalized spacial score (nSPS) is 13.8. The Balaban J connectivity index is 1.40. The van der Waals surface area contributed by atoms with Crippen LogP contribution in [0, 0.1) is 17.8 Å². The zero-order valence-corrected chi connectivity index (χ0v) is 37.7. The molecule has 0 aliphatic rings. The van der Waals surface area contributed by atoms with Crippen LogP contribution in [0.2, 0.25) is 0 Å². The van der Waals surface area contributed by atoms with Gasteiger partial charge >= 0.3 is 5.97 Å². The van der Waals surface area contributed by atoms with Crippen LogP contribution in [0.3, 0.4) is 0 Å². The van der Waals surface area contributed by atoms with Crippen molar-refractivity contribution in [3.63, 3.8) is 0 Å². The van der Waals surface area contributed by atoms with Crippen molar-refractivity contribution in [2.45, 2.75) is 96.6 Å². The van der Waals surface area contributed by atoms with E-state index in [0.29, 0.717) is 18.5 Å². The largest absolute Gasteiger partial charge is 0.480 e. The molecule has 6 rings (SSSR count). The number of primary amides is 1. The summed E-state index contributed by atoms with van der Waals surface area (Å²) in [6, 6.07) is 32.3. The topological polar surface area (TPSA) is 234 Å². The molecule has 0 spiro atoms. The third-order valence-electron chi connectivity index (χ3n) is 12.2. The maximum absolute atomic E-state index is 15.9. The molecule has 0 saturated carbocycles. The van der Waals surface area contributed by atoms with Gasteiger partial charge in [0.1, 0.15) is 12.1 Å². The Morgan fingerprint density at radius 3 is 1.91 bits per heavy atom. The molecule has 0 radical (unpaired) electrons. The standard InChI is InChI=1S/C52H61N7O7/c1-32(2)21-44(47(60)27-48(61)57-45(52(65)66)22-33(3)49(54)62)58-50(63)46(26-41-29-55-31-56-41)59(30-35-12-8-11-34(23-35)28-53)51(64)40(24-38-17-9-15-36-13-4-6-19-42(36)38)25-39-18-10-16-37-14-5-7-20-43(37)39/h4-20,23,29,31-33,40,44-47,60H,21-22,24-28,30,53H2,1-3H3,(H2,54,62)(H,55,56)(H,57,61)(H,58,63)(H,65,66)/t33?,44-,45-,46-,47-/m0/s1. The summed E-state index contributed by atoms with van der Waals surface area (Å²) in [5.41, 5.74) is 15.6. The van der Waals surface area contributed by atoms with E-state index in [4.69, 9.17) is 11.5 Å². The summed E-state index contributed by atoms with van der Waals surface area (Å²) < 4.78 is 0. The van der Waals surface area contributed by atoms with Crippen LogP contribution >= 0.6 is 0 Å². The Hall–Kier alpha value is -6.90. The number of aromatic amines is 1. The van der Waals surface area contributed by atoms with E-state index in [2.05, 4.69) is 32.7 Å². The van der Waals surface area contributed by atoms with Crippen molar-refractivity contribution in [1.29, 1.82) is 0 Å². The van der Waals surface area contributed by atoms with Crippen LogP contribution in [-0.2, 0) is 56.3 Å². The van der Waals surface area contributed by atoms with Gasteiger partial charge in [0.05, 0.1) is 24.9 Å². The molecule has 1 heterocycles. The van der Waals surface area contributed by atoms with E-state index in [1.54, 1.807) is 11.1 Å². The first-order valence-electron chi connectivity index (χ1n) is 22.5. The summed E-state index contributed by atoms with van der Waals surface area (Å²) in [6.07, 6.45) is 1.86. The average molecular weight is 896 g/mol. The molecule has 0 bridgehead atoms. The maximum atomic E-state index is 15.9. The van der Waals surface area contributed by atoms with Crippen molar-refractivity contribution in [3.05, 3.63) is 150 Å². The Morgan fingerprint density at radius 1 is 0.758 bits per heavy atom. The molecule has 14 nitrogen and oxygen atoms in total. The molecule has 4 amide bonds. The van der Waals surface area contributed by atoms with Gasteiger partial charge in [-0.15, -0.1) is 0 Å². The second-order valence-corrected chi connectivity index (χ2v) is 17.7. The fourth-order valence-corrected chi connectivity index (χ4v) is 8.67. The first kappa shape index (κ1) is 48.6. The number of benzene rings is 5. The minimum atomic E-state index is -1.46. The third-order valence-corrected chi connectivity index (χ3v) is 12.2. The highest BCUT2D eigenvalue weighted by atomic mass is 16.4. The minimum absolute atomic E-state index is 0.0345. The van der Waals surface area contributed by atoms with E-state index in [9.17, 15) is 24.6 Å². The SMILES string of the molecule is CC(C)C[C@H](NC(=O)[C@H](Cc1cnc[nH]1)N(Cc1cccc(CN)c1)C(=O)C(Cc1cccc2ccccc12)Cc1cccc2ccccc12)[C@@H](O)CC(=O)N[C@@H](CC(C)C(N)=O)C(=O)O. The number of aliphatic hydroxyl groups is 1. The number of carbonyl (C=O) groups is 5. The van der Waals surface area contributed by atoms with Gasteiger partial charge < -0.3 is 42.2 Å². The molecule has 0 fully saturated rings. The first-order chi connectivity index (χ1) is 31.7. The van der Waals surface area contributed by atoms with Crippen molar-refractivity contribution in [1.82, 2.24) is 25.5 Å². The first-order valence-corrected chi connectivity index (χ1v) is 22.5. The molecule has 5 atom stereocenters. The van der Waals surface area contributed by atoms with Gasteiger partial charge in [-0.2, -0.15) is 0 Å². The molecular weight excluding hydrogens is 835 g/mol. The van der Waals surface area contributed by atoms with Gasteiger partial charge in [-0.3, -0.25) is 19.2 Å². The smallest absolute Gasteiger partial charge is 0.326 e. The van der Waals surface area contributed by atoms with Crippen LogP contribution < -0.4 is 22.1 Å². The lowest BCUT2D eigenvalue weighted by atomic mass is 9.87. The Morgan fingerprint density at radius 2 is 1.35 bits per heavy atom. The molecule has 6 aromatic rings. The number of nitrogens with zero attached hydrogens (tertiary/aromatic N) is 2. The molecule has 5 aromatic carbocycles. The molecule has 1 unspecified atom stereocenters. The number of imidazole rings is 1. The summed E-state index contributed by atoms with van der Waals surface area (Å²) >= 11 is 0. The number of aliphatic carboxylic acids is 1. The Labute approximate surface area is 385 Å². The van der Waals surface area contributed by atoms with E-state index in [1.165, 1.54) is 13.3 Å². The number of nitrogens with two attached hydrogens (primary N) is 2. The summed E-state index contributed by atoms with van der Waals surface area (Å²) in [6.45, 7) is 5.59. The van der Waals surface area contributed by atoms with Crippen molar-refractivity contribution in [3.8, 4) is 0 Å². The second-order valence-electron chi connectivity index (χ2n) is 17.7. The number of hydrogen-bond donors (Lipinski definition) is 7. The lowest BCUT2D eigenvalue weighted by molar-refractivity contribution is -0.145. The van der Waals surface area contributed by atoms with Crippen molar-refractivity contribution >= 4 is 51.1 Å². The monoisotopic (exact) mass is 895 g/mol. The lowest BCUT2D eigenvalue weighted by Gasteiger charge is -2.36. The van der Waals surface area contributed by atoms with E-state index in [0.717, 1.165) is 43.8 Å². The quantitative estimate of drug-likeness (QED) is 0.0425. The van der Waals surface area contributed by atoms with Crippen molar-refractivity contribution < 1.29 is 34.2 Å². The average Bonchev–Trinajstić information content (AvgIpc) is 3.82. The number of carboxylic acids is 1. The van der Waals surface area contributed by atoms with E-state index >= 15 is 9.59 Å². The van der Waals surface area contributed by atoms with Gasteiger partial charge in [0.2, 0.25) is 23.6 Å². The number of aromatic nitrogens is 2. The molecule has 0 aliphatic carbocycles. The number of hydrogen-bond acceptors (Lipinski definition) is 8. The Bertz CT molecular complexity index is 2520. The minimum Gasteiger partial charge on any atom is -0.480 e. The third kappa shape index (κ3) is 12.9. The predicted molar refractivity (Wildman–Crippen MR) is 254 cm³/mol. The zero-order chi connectivity index (χ0) is 47.3.